The summed E-state index contributed by atoms with van der Waals surface area (Å²) in [5.41, 5.74) is 0. The lowest BCUT2D eigenvalue weighted by Gasteiger charge is -2.58. The zero-order valence-electron chi connectivity index (χ0n) is 32.8. The Morgan fingerprint density at radius 2 is 0.269 bits per heavy atom. The van der Waals surface area contributed by atoms with E-state index in [1.807, 2.05) is 0 Å². The molecule has 52 heavy (non-hydrogen) atoms. The average molecular weight is 889 g/mol. The summed E-state index contributed by atoms with van der Waals surface area (Å²) in [5.74, 6) is 0. The van der Waals surface area contributed by atoms with E-state index in [2.05, 4.69) is 0 Å². The Hall–Kier alpha value is 0.935. The molecule has 0 saturated carbocycles. The van der Waals surface area contributed by atoms with Crippen molar-refractivity contribution in [2.45, 2.75) is 160 Å². The highest BCUT2D eigenvalue weighted by atomic mass is 28.7. The van der Waals surface area contributed by atoms with Crippen LogP contribution in [-0.4, -0.2) is 121 Å². The Labute approximate surface area is 315 Å². The molecular formula is C24H56O20Si8. The van der Waals surface area contributed by atoms with Crippen molar-refractivity contribution in [3.8, 4) is 0 Å². The largest absolute Gasteiger partial charge is 0.662 e. The van der Waals surface area contributed by atoms with Crippen LogP contribution in [0.4, 0.5) is 0 Å². The van der Waals surface area contributed by atoms with Gasteiger partial charge in [0.15, 0.2) is 0 Å². The third-order valence-corrected chi connectivity index (χ3v) is 36.1. The second kappa shape index (κ2) is 15.6. The first kappa shape index (κ1) is 44.0. The predicted molar refractivity (Wildman–Crippen MR) is 189 cm³/mol. The van der Waals surface area contributed by atoms with Crippen molar-refractivity contribution in [1.29, 1.82) is 0 Å². The Morgan fingerprint density at radius 1 is 0.192 bits per heavy atom. The van der Waals surface area contributed by atoms with Gasteiger partial charge in [-0.3, -0.25) is 0 Å². The molecule has 6 aliphatic rings. The molecule has 0 unspecified atom stereocenters. The summed E-state index contributed by atoms with van der Waals surface area (Å²) in [7, 11) is -39.4. The number of hydrogen-bond donors (Lipinski definition) is 0. The van der Waals surface area contributed by atoms with E-state index >= 15 is 0 Å². The first-order valence-corrected chi connectivity index (χ1v) is 30.7. The van der Waals surface area contributed by atoms with Crippen LogP contribution in [0.2, 0.25) is 0 Å². The molecule has 6 aliphatic heterocycles. The lowest BCUT2D eigenvalue weighted by Crippen LogP contribution is -2.91. The fourth-order valence-electron chi connectivity index (χ4n) is 5.22. The van der Waals surface area contributed by atoms with Crippen LogP contribution < -0.4 is 0 Å². The molecule has 0 aliphatic carbocycles. The maximum atomic E-state index is 6.90. The molecule has 0 radical (unpaired) electrons. The Balaban J connectivity index is 1.97. The molecule has 304 valence electrons. The Kier molecular flexibility index (Phi) is 13.2. The summed E-state index contributed by atoms with van der Waals surface area (Å²) in [4.78, 5) is 0. The zero-order valence-corrected chi connectivity index (χ0v) is 40.8. The van der Waals surface area contributed by atoms with Crippen LogP contribution >= 0.6 is 0 Å². The molecule has 28 heteroatoms. The highest BCUT2D eigenvalue weighted by Gasteiger charge is 2.92. The SMILES string of the molecule is CC(C)O[Si]12O[Si]3(OC(C)C)O[Si]4(OC(C)C)O[Si](OC(C)C)(O1)O[Si]1(OC(C)C)O[Si](OC(C)C)(O2)O[Si](OC(C)C)(O3)O[Si](OC(C)C)(O4)O1. The van der Waals surface area contributed by atoms with Gasteiger partial charge in [-0.1, -0.05) is 0 Å². The molecule has 0 aromatic carbocycles. The van der Waals surface area contributed by atoms with E-state index in [0.29, 0.717) is 0 Å². The molecule has 6 heterocycles. The van der Waals surface area contributed by atoms with Crippen LogP contribution in [0.25, 0.3) is 0 Å². The quantitative estimate of drug-likeness (QED) is 0.206. The summed E-state index contributed by atoms with van der Waals surface area (Å²) in [6, 6.07) is 0. The lowest BCUT2D eigenvalue weighted by molar-refractivity contribution is -0.180. The van der Waals surface area contributed by atoms with Crippen molar-refractivity contribution in [2.24, 2.45) is 0 Å². The maximum absolute atomic E-state index is 6.90. The van der Waals surface area contributed by atoms with Gasteiger partial charge in [0.25, 0.3) is 0 Å². The van der Waals surface area contributed by atoms with Gasteiger partial charge >= 0.3 is 72.4 Å². The summed E-state index contributed by atoms with van der Waals surface area (Å²) >= 11 is 0. The van der Waals surface area contributed by atoms with Gasteiger partial charge in [0.05, 0.1) is 0 Å². The number of hydrogen-bond acceptors (Lipinski definition) is 20. The topological polar surface area (TPSA) is 185 Å². The van der Waals surface area contributed by atoms with Crippen LogP contribution in [0.15, 0.2) is 0 Å². The van der Waals surface area contributed by atoms with Gasteiger partial charge in [0.2, 0.25) is 0 Å². The summed E-state index contributed by atoms with van der Waals surface area (Å²) < 4.78 is 135. The fourth-order valence-corrected chi connectivity index (χ4v) is 42.2. The van der Waals surface area contributed by atoms with Gasteiger partial charge in [-0.2, -0.15) is 0 Å². The van der Waals surface area contributed by atoms with Crippen LogP contribution in [0.1, 0.15) is 111 Å². The maximum Gasteiger partial charge on any atom is 0.662 e. The molecular weight excluding hydrogens is 833 g/mol. The van der Waals surface area contributed by atoms with E-state index in [1.54, 1.807) is 111 Å². The third-order valence-electron chi connectivity index (χ3n) is 6.04. The van der Waals surface area contributed by atoms with Crippen molar-refractivity contribution in [3.63, 3.8) is 0 Å². The minimum absolute atomic E-state index is 0.631. The van der Waals surface area contributed by atoms with Gasteiger partial charge in [-0.25, -0.2) is 0 Å². The second-order valence-corrected chi connectivity index (χ2v) is 34.2. The first-order valence-electron chi connectivity index (χ1n) is 17.7. The van der Waals surface area contributed by atoms with Gasteiger partial charge in [0, 0.05) is 48.8 Å². The molecule has 6 saturated heterocycles. The molecule has 0 amide bonds. The van der Waals surface area contributed by atoms with E-state index in [9.17, 15) is 0 Å². The van der Waals surface area contributed by atoms with E-state index in [4.69, 9.17) is 84.8 Å². The molecule has 0 atom stereocenters. The zero-order chi connectivity index (χ0) is 38.8. The average Bonchev–Trinajstić information content (AvgIpc) is 2.79. The van der Waals surface area contributed by atoms with Crippen molar-refractivity contribution < 1.29 is 84.8 Å². The highest BCUT2D eigenvalue weighted by molar-refractivity contribution is 6.97. The standard InChI is InChI=1S/C24H56O20Si8/c1-17(2)25-45-33-46(26-18(3)4)36-49(29-21(9)10)38-47(34-45,27-19(5)6)40-51(31-23(13)14)41-48(35-45,28-20(7)8)39-50(37-46,30-22(11)12)43-52(42-49,44-51)32-24(15)16/h17-24H,1-16H3. The van der Waals surface area contributed by atoms with Crippen molar-refractivity contribution >= 4 is 72.4 Å². The predicted octanol–water partition coefficient (Wildman–Crippen LogP) is 3.14. The second-order valence-electron chi connectivity index (χ2n) is 14.6. The van der Waals surface area contributed by atoms with Crippen molar-refractivity contribution in [3.05, 3.63) is 0 Å². The Morgan fingerprint density at radius 3 is 0.327 bits per heavy atom. The molecule has 8 bridgehead atoms. The molecule has 6 rings (SSSR count). The molecule has 6 fully saturated rings. The first-order chi connectivity index (χ1) is 23.8. The van der Waals surface area contributed by atoms with Gasteiger partial charge < -0.3 is 84.8 Å². The molecule has 0 N–H and O–H groups in total. The molecule has 0 spiro atoms. The van der Waals surface area contributed by atoms with Crippen LogP contribution in [0.5, 0.6) is 0 Å². The Bertz CT molecular complexity index is 901. The summed E-state index contributed by atoms with van der Waals surface area (Å²) in [6.45, 7) is 27.9. The van der Waals surface area contributed by atoms with E-state index in [-0.39, 0.29) is 0 Å². The molecule has 0 aromatic rings. The monoisotopic (exact) mass is 888 g/mol. The normalized spacial score (nSPS) is 42.0. The molecule has 0 aromatic heterocycles. The van der Waals surface area contributed by atoms with E-state index in [0.717, 1.165) is 0 Å². The fraction of sp³-hybridized carbons (Fsp3) is 1.00. The summed E-state index contributed by atoms with van der Waals surface area (Å²) in [6.07, 6.45) is -5.05. The van der Waals surface area contributed by atoms with Gasteiger partial charge in [0.1, 0.15) is 0 Å². The van der Waals surface area contributed by atoms with Crippen molar-refractivity contribution in [2.75, 3.05) is 0 Å². The van der Waals surface area contributed by atoms with Crippen LogP contribution in [-0.2, 0) is 84.8 Å². The molecule has 20 nitrogen and oxygen atoms in total. The minimum Gasteiger partial charge on any atom is -0.350 e. The van der Waals surface area contributed by atoms with Crippen LogP contribution in [0, 0.1) is 0 Å². The highest BCUT2D eigenvalue weighted by Crippen LogP contribution is 2.51. The van der Waals surface area contributed by atoms with E-state index < -0.39 is 121 Å². The number of rotatable bonds is 16. The smallest absolute Gasteiger partial charge is 0.350 e. The minimum atomic E-state index is -4.92. The van der Waals surface area contributed by atoms with Crippen molar-refractivity contribution in [1.82, 2.24) is 0 Å². The summed E-state index contributed by atoms with van der Waals surface area (Å²) in [5, 5.41) is 0. The van der Waals surface area contributed by atoms with E-state index in [1.165, 1.54) is 0 Å². The van der Waals surface area contributed by atoms with Gasteiger partial charge in [-0.15, -0.1) is 0 Å². The third kappa shape index (κ3) is 9.96. The van der Waals surface area contributed by atoms with Gasteiger partial charge in [-0.05, 0) is 111 Å². The van der Waals surface area contributed by atoms with Crippen LogP contribution in [0.3, 0.4) is 0 Å². The lowest BCUT2D eigenvalue weighted by atomic mass is 10.5.